The zero-order valence-electron chi connectivity index (χ0n) is 15.6. The molecule has 160 valence electrons. The molecule has 0 saturated carbocycles. The van der Waals surface area contributed by atoms with Crippen molar-refractivity contribution in [2.75, 3.05) is 33.4 Å². The maximum Gasteiger partial charge on any atom is 0.411 e. The zero-order chi connectivity index (χ0) is 21.0. The molecule has 0 aromatic heterocycles. The second kappa shape index (κ2) is 12.2. The number of alkyl halides is 5. The van der Waals surface area contributed by atoms with Crippen molar-refractivity contribution in [2.24, 2.45) is 4.99 Å². The van der Waals surface area contributed by atoms with Gasteiger partial charge in [-0.2, -0.15) is 22.0 Å². The Bertz CT molecular complexity index is 612. The molecule has 28 heavy (non-hydrogen) atoms. The van der Waals surface area contributed by atoms with Crippen LogP contribution >= 0.6 is 0 Å². The lowest BCUT2D eigenvalue weighted by Crippen LogP contribution is -2.38. The lowest BCUT2D eigenvalue weighted by atomic mass is 10.2. The lowest BCUT2D eigenvalue weighted by Gasteiger charge is -2.14. The fourth-order valence-corrected chi connectivity index (χ4v) is 2.09. The molecule has 0 radical (unpaired) electrons. The van der Waals surface area contributed by atoms with E-state index in [-0.39, 0.29) is 18.9 Å². The van der Waals surface area contributed by atoms with Crippen LogP contribution in [0.4, 0.5) is 22.0 Å². The fraction of sp³-hybridized carbons (Fsp3) is 0.588. The van der Waals surface area contributed by atoms with Gasteiger partial charge >= 0.3 is 12.8 Å². The minimum absolute atomic E-state index is 0.0176. The molecule has 1 aromatic carbocycles. The third kappa shape index (κ3) is 10.1. The van der Waals surface area contributed by atoms with Crippen LogP contribution in [0.25, 0.3) is 0 Å². The van der Waals surface area contributed by atoms with Crippen molar-refractivity contribution >= 4 is 5.96 Å². The van der Waals surface area contributed by atoms with Gasteiger partial charge in [0.2, 0.25) is 0 Å². The Hall–Kier alpha value is -2.30. The van der Waals surface area contributed by atoms with E-state index in [0.717, 1.165) is 0 Å². The molecule has 2 N–H and O–H groups in total. The number of halogens is 5. The first kappa shape index (κ1) is 23.7. The molecular weight excluding hydrogens is 389 g/mol. The predicted molar refractivity (Wildman–Crippen MR) is 93.9 cm³/mol. The zero-order valence-corrected chi connectivity index (χ0v) is 15.6. The number of ether oxygens (including phenoxy) is 3. The van der Waals surface area contributed by atoms with E-state index in [4.69, 9.17) is 4.74 Å². The monoisotopic (exact) mass is 413 g/mol. The molecule has 0 spiro atoms. The summed E-state index contributed by atoms with van der Waals surface area (Å²) in [5.41, 5.74) is 0.394. The number of guanidine groups is 1. The predicted octanol–water partition coefficient (Wildman–Crippen LogP) is 3.32. The molecule has 0 bridgehead atoms. The number of nitrogens with zero attached hydrogens (tertiary/aromatic N) is 1. The molecular formula is C17H24F5N3O3. The largest absolute Gasteiger partial charge is 0.497 e. The normalized spacial score (nSPS) is 12.2. The molecule has 11 heteroatoms. The minimum atomic E-state index is -4.35. The van der Waals surface area contributed by atoms with Gasteiger partial charge in [0.15, 0.2) is 5.96 Å². The van der Waals surface area contributed by atoms with Crippen LogP contribution in [-0.4, -0.2) is 52.2 Å². The Balaban J connectivity index is 2.63. The van der Waals surface area contributed by atoms with Crippen LogP contribution in [0.5, 0.6) is 11.5 Å². The quantitative estimate of drug-likeness (QED) is 0.252. The summed E-state index contributed by atoms with van der Waals surface area (Å²) in [6.45, 7) is -1.60. The van der Waals surface area contributed by atoms with Crippen LogP contribution in [0.2, 0.25) is 0 Å². The van der Waals surface area contributed by atoms with Crippen molar-refractivity contribution in [2.45, 2.75) is 32.7 Å². The molecule has 1 aromatic rings. The first-order chi connectivity index (χ1) is 13.2. The Kier molecular flexibility index (Phi) is 10.4. The average molecular weight is 413 g/mol. The number of hydrogen-bond donors (Lipinski definition) is 2. The Labute approximate surface area is 160 Å². The van der Waals surface area contributed by atoms with E-state index in [1.165, 1.54) is 25.3 Å². The lowest BCUT2D eigenvalue weighted by molar-refractivity contribution is -0.173. The molecule has 0 fully saturated rings. The number of hydrogen-bond acceptors (Lipinski definition) is 4. The van der Waals surface area contributed by atoms with E-state index in [0.29, 0.717) is 36.8 Å². The summed E-state index contributed by atoms with van der Waals surface area (Å²) in [6, 6.07) is 4.40. The summed E-state index contributed by atoms with van der Waals surface area (Å²) >= 11 is 0. The van der Waals surface area contributed by atoms with Crippen LogP contribution in [0.3, 0.4) is 0 Å². The van der Waals surface area contributed by atoms with Crippen LogP contribution in [0.1, 0.15) is 18.9 Å². The second-order valence-electron chi connectivity index (χ2n) is 5.50. The van der Waals surface area contributed by atoms with Gasteiger partial charge in [0, 0.05) is 25.3 Å². The number of rotatable bonds is 11. The fourth-order valence-electron chi connectivity index (χ4n) is 2.09. The number of nitrogens with one attached hydrogen (secondary N) is 2. The van der Waals surface area contributed by atoms with Gasteiger partial charge < -0.3 is 24.8 Å². The van der Waals surface area contributed by atoms with Gasteiger partial charge in [0.05, 0.1) is 13.7 Å². The van der Waals surface area contributed by atoms with Gasteiger partial charge in [0.25, 0.3) is 0 Å². The topological polar surface area (TPSA) is 64.1 Å². The van der Waals surface area contributed by atoms with Crippen molar-refractivity contribution in [1.82, 2.24) is 10.6 Å². The van der Waals surface area contributed by atoms with Gasteiger partial charge in [-0.25, -0.2) is 4.99 Å². The average Bonchev–Trinajstić information content (AvgIpc) is 2.62. The number of aliphatic imine (C=N–C) groups is 1. The molecule has 0 amide bonds. The first-order valence-electron chi connectivity index (χ1n) is 8.53. The molecule has 0 saturated heterocycles. The van der Waals surface area contributed by atoms with E-state index < -0.39 is 19.4 Å². The maximum absolute atomic E-state index is 12.5. The first-order valence-corrected chi connectivity index (χ1v) is 8.53. The highest BCUT2D eigenvalue weighted by Gasteiger charge is 2.27. The van der Waals surface area contributed by atoms with Crippen molar-refractivity contribution in [1.29, 1.82) is 0 Å². The molecule has 0 aliphatic heterocycles. The molecule has 0 atom stereocenters. The summed E-state index contributed by atoms with van der Waals surface area (Å²) < 4.78 is 75.1. The number of benzene rings is 1. The van der Waals surface area contributed by atoms with E-state index in [9.17, 15) is 22.0 Å². The van der Waals surface area contributed by atoms with Gasteiger partial charge in [-0.05, 0) is 31.5 Å². The standard InChI is InChI=1S/C17H24F5N3O3/c1-3-23-16(24-7-4-8-27-11-17(20,21)22)25-10-12-9-13(26-2)5-6-14(12)28-15(18)19/h5-6,9,15H,3-4,7-8,10-11H2,1-2H3,(H2,23,24,25). The Morgan fingerprint density at radius 2 is 1.96 bits per heavy atom. The summed E-state index contributed by atoms with van der Waals surface area (Å²) in [5, 5.41) is 5.89. The highest BCUT2D eigenvalue weighted by Crippen LogP contribution is 2.26. The second-order valence-corrected chi connectivity index (χ2v) is 5.50. The highest BCUT2D eigenvalue weighted by atomic mass is 19.4. The van der Waals surface area contributed by atoms with Crippen molar-refractivity contribution in [3.63, 3.8) is 0 Å². The molecule has 0 heterocycles. The summed E-state index contributed by atoms with van der Waals surface area (Å²) in [7, 11) is 1.45. The summed E-state index contributed by atoms with van der Waals surface area (Å²) in [4.78, 5) is 4.28. The van der Waals surface area contributed by atoms with Crippen LogP contribution < -0.4 is 20.1 Å². The van der Waals surface area contributed by atoms with Gasteiger partial charge in [-0.15, -0.1) is 0 Å². The molecule has 0 aliphatic rings. The van der Waals surface area contributed by atoms with E-state index >= 15 is 0 Å². The minimum Gasteiger partial charge on any atom is -0.497 e. The SMILES string of the molecule is CCNC(=NCc1cc(OC)ccc1OC(F)F)NCCCOCC(F)(F)F. The number of methoxy groups -OCH3 is 1. The molecule has 0 unspecified atom stereocenters. The van der Waals surface area contributed by atoms with Crippen molar-refractivity contribution < 1.29 is 36.2 Å². The third-order valence-corrected chi connectivity index (χ3v) is 3.26. The highest BCUT2D eigenvalue weighted by molar-refractivity contribution is 5.79. The third-order valence-electron chi connectivity index (χ3n) is 3.26. The van der Waals surface area contributed by atoms with Crippen LogP contribution in [0.15, 0.2) is 23.2 Å². The van der Waals surface area contributed by atoms with E-state index in [1.54, 1.807) is 0 Å². The maximum atomic E-state index is 12.5. The van der Waals surface area contributed by atoms with Crippen LogP contribution in [0, 0.1) is 0 Å². The van der Waals surface area contributed by atoms with E-state index in [1.807, 2.05) is 6.92 Å². The van der Waals surface area contributed by atoms with Gasteiger partial charge in [-0.1, -0.05) is 0 Å². The Morgan fingerprint density at radius 3 is 2.57 bits per heavy atom. The van der Waals surface area contributed by atoms with Crippen LogP contribution in [-0.2, 0) is 11.3 Å². The van der Waals surface area contributed by atoms with E-state index in [2.05, 4.69) is 25.1 Å². The molecule has 6 nitrogen and oxygen atoms in total. The van der Waals surface area contributed by atoms with Crippen molar-refractivity contribution in [3.05, 3.63) is 23.8 Å². The Morgan fingerprint density at radius 1 is 1.21 bits per heavy atom. The van der Waals surface area contributed by atoms with Gasteiger partial charge in [-0.3, -0.25) is 0 Å². The van der Waals surface area contributed by atoms with Gasteiger partial charge in [0.1, 0.15) is 18.1 Å². The summed E-state index contributed by atoms with van der Waals surface area (Å²) in [6.07, 6.45) is -4.02. The smallest absolute Gasteiger partial charge is 0.411 e. The molecule has 1 rings (SSSR count). The molecule has 0 aliphatic carbocycles. The van der Waals surface area contributed by atoms with Crippen molar-refractivity contribution in [3.8, 4) is 11.5 Å². The summed E-state index contributed by atoms with van der Waals surface area (Å²) in [5.74, 6) is 0.826.